The maximum atomic E-state index is 2.22. The van der Waals surface area contributed by atoms with Crippen LogP contribution in [0.5, 0.6) is 0 Å². The van der Waals surface area contributed by atoms with Crippen molar-refractivity contribution < 1.29 is 0 Å². The van der Waals surface area contributed by atoms with E-state index in [9.17, 15) is 0 Å². The Kier molecular flexibility index (Phi) is 1.30. The topological polar surface area (TPSA) is 0 Å². The lowest BCUT2D eigenvalue weighted by atomic mass is 10.2. The Bertz CT molecular complexity index is 92.6. The fourth-order valence-corrected chi connectivity index (χ4v) is 0.529. The molecule has 0 fully saturated rings. The molecule has 1 aliphatic carbocycles. The number of rotatable bonds is 2. The number of hydrogen-bond donors (Lipinski definition) is 0. The zero-order chi connectivity index (χ0) is 5.11. The SMILES string of the molecule is C/C=C/CC1C=C1. The van der Waals surface area contributed by atoms with Crippen molar-refractivity contribution >= 4 is 0 Å². The minimum Gasteiger partial charge on any atom is -0.0916 e. The molecule has 0 radical (unpaired) electrons. The van der Waals surface area contributed by atoms with E-state index in [2.05, 4.69) is 31.2 Å². The first-order valence-corrected chi connectivity index (χ1v) is 2.73. The summed E-state index contributed by atoms with van der Waals surface area (Å²) in [6.45, 7) is 2.06. The second kappa shape index (κ2) is 1.97. The highest BCUT2D eigenvalue weighted by molar-refractivity contribution is 5.15. The van der Waals surface area contributed by atoms with E-state index in [0.717, 1.165) is 5.92 Å². The van der Waals surface area contributed by atoms with Gasteiger partial charge < -0.3 is 0 Å². The largest absolute Gasteiger partial charge is 0.0916 e. The summed E-state index contributed by atoms with van der Waals surface area (Å²) < 4.78 is 0. The third-order valence-electron chi connectivity index (χ3n) is 1.11. The van der Waals surface area contributed by atoms with Crippen molar-refractivity contribution in [3.05, 3.63) is 24.3 Å². The normalized spacial score (nSPS) is 19.0. The summed E-state index contributed by atoms with van der Waals surface area (Å²) in [6, 6.07) is 0. The van der Waals surface area contributed by atoms with Crippen LogP contribution in [0, 0.1) is 5.92 Å². The summed E-state index contributed by atoms with van der Waals surface area (Å²) in [6.07, 6.45) is 9.96. The van der Waals surface area contributed by atoms with Gasteiger partial charge >= 0.3 is 0 Å². The number of hydrogen-bond acceptors (Lipinski definition) is 0. The van der Waals surface area contributed by atoms with Crippen LogP contribution in [0.4, 0.5) is 0 Å². The molecule has 0 heteroatoms. The minimum absolute atomic E-state index is 0.816. The third kappa shape index (κ3) is 1.58. The molecule has 0 amide bonds. The standard InChI is InChI=1S/C7H10/c1-2-3-4-7-5-6-7/h2-3,5-7H,4H2,1H3/b3-2+. The maximum Gasteiger partial charge on any atom is -0.00185 e. The molecule has 38 valence electrons. The van der Waals surface area contributed by atoms with Gasteiger partial charge in [-0.2, -0.15) is 0 Å². The Balaban J connectivity index is 2.00. The Hall–Kier alpha value is -0.520. The summed E-state index contributed by atoms with van der Waals surface area (Å²) in [5, 5.41) is 0. The highest BCUT2D eigenvalue weighted by Crippen LogP contribution is 2.19. The van der Waals surface area contributed by atoms with Crippen molar-refractivity contribution in [1.29, 1.82) is 0 Å². The maximum absolute atomic E-state index is 2.22. The summed E-state index contributed by atoms with van der Waals surface area (Å²) in [7, 11) is 0. The molecule has 0 unspecified atom stereocenters. The predicted octanol–water partition coefficient (Wildman–Crippen LogP) is 2.14. The zero-order valence-electron chi connectivity index (χ0n) is 4.59. The van der Waals surface area contributed by atoms with Gasteiger partial charge in [0, 0.05) is 0 Å². The molecule has 7 heavy (non-hydrogen) atoms. The van der Waals surface area contributed by atoms with Crippen molar-refractivity contribution in [1.82, 2.24) is 0 Å². The van der Waals surface area contributed by atoms with E-state index >= 15 is 0 Å². The molecule has 0 aromatic heterocycles. The summed E-state index contributed by atoms with van der Waals surface area (Å²) in [5.41, 5.74) is 0. The fourth-order valence-electron chi connectivity index (χ4n) is 0.529. The Morgan fingerprint density at radius 3 is 2.71 bits per heavy atom. The van der Waals surface area contributed by atoms with Gasteiger partial charge in [0.25, 0.3) is 0 Å². The Morgan fingerprint density at radius 2 is 2.29 bits per heavy atom. The Labute approximate surface area is 44.5 Å². The first-order chi connectivity index (χ1) is 3.43. The van der Waals surface area contributed by atoms with Crippen molar-refractivity contribution in [2.24, 2.45) is 5.92 Å². The zero-order valence-corrected chi connectivity index (χ0v) is 4.59. The van der Waals surface area contributed by atoms with Gasteiger partial charge in [0.1, 0.15) is 0 Å². The van der Waals surface area contributed by atoms with Gasteiger partial charge in [0.2, 0.25) is 0 Å². The molecule has 0 nitrogen and oxygen atoms in total. The van der Waals surface area contributed by atoms with Crippen molar-refractivity contribution in [3.63, 3.8) is 0 Å². The van der Waals surface area contributed by atoms with E-state index in [4.69, 9.17) is 0 Å². The molecule has 0 aromatic carbocycles. The predicted molar refractivity (Wildman–Crippen MR) is 32.1 cm³/mol. The molecule has 1 rings (SSSR count). The highest BCUT2D eigenvalue weighted by atomic mass is 14.1. The van der Waals surface area contributed by atoms with Crippen LogP contribution < -0.4 is 0 Å². The molecular formula is C7H10. The van der Waals surface area contributed by atoms with E-state index in [-0.39, 0.29) is 0 Å². The quantitative estimate of drug-likeness (QED) is 0.460. The third-order valence-corrected chi connectivity index (χ3v) is 1.11. The monoisotopic (exact) mass is 94.1 g/mol. The highest BCUT2D eigenvalue weighted by Gasteiger charge is 2.05. The van der Waals surface area contributed by atoms with E-state index in [1.54, 1.807) is 0 Å². The van der Waals surface area contributed by atoms with Crippen molar-refractivity contribution in [2.45, 2.75) is 13.3 Å². The molecule has 0 saturated heterocycles. The van der Waals surface area contributed by atoms with Crippen molar-refractivity contribution in [2.75, 3.05) is 0 Å². The molecule has 0 heterocycles. The second-order valence-corrected chi connectivity index (χ2v) is 1.85. The van der Waals surface area contributed by atoms with Gasteiger partial charge in [-0.05, 0) is 19.3 Å². The smallest absolute Gasteiger partial charge is 0.00185 e. The van der Waals surface area contributed by atoms with Crippen LogP contribution in [-0.2, 0) is 0 Å². The van der Waals surface area contributed by atoms with Crippen LogP contribution in [0.1, 0.15) is 13.3 Å². The summed E-state index contributed by atoms with van der Waals surface area (Å²) in [5.74, 6) is 0.816. The Morgan fingerprint density at radius 1 is 1.57 bits per heavy atom. The van der Waals surface area contributed by atoms with Gasteiger partial charge in [-0.1, -0.05) is 24.3 Å². The number of allylic oxidation sites excluding steroid dienone is 4. The van der Waals surface area contributed by atoms with Crippen LogP contribution in [-0.4, -0.2) is 0 Å². The van der Waals surface area contributed by atoms with Gasteiger partial charge in [-0.15, -0.1) is 0 Å². The van der Waals surface area contributed by atoms with Crippen LogP contribution in [0.2, 0.25) is 0 Å². The first kappa shape index (κ1) is 4.63. The van der Waals surface area contributed by atoms with Crippen molar-refractivity contribution in [3.8, 4) is 0 Å². The molecule has 0 aliphatic heterocycles. The fraction of sp³-hybridized carbons (Fsp3) is 0.429. The van der Waals surface area contributed by atoms with Crippen LogP contribution in [0.25, 0.3) is 0 Å². The molecule has 0 spiro atoms. The van der Waals surface area contributed by atoms with E-state index in [1.807, 2.05) is 0 Å². The van der Waals surface area contributed by atoms with E-state index in [1.165, 1.54) is 6.42 Å². The molecule has 0 saturated carbocycles. The molecule has 0 N–H and O–H groups in total. The van der Waals surface area contributed by atoms with Gasteiger partial charge in [0.15, 0.2) is 0 Å². The molecule has 0 aromatic rings. The molecule has 1 aliphatic rings. The lowest BCUT2D eigenvalue weighted by molar-refractivity contribution is 0.940. The lowest BCUT2D eigenvalue weighted by Crippen LogP contribution is -1.68. The average molecular weight is 94.2 g/mol. The van der Waals surface area contributed by atoms with E-state index in [0.29, 0.717) is 0 Å². The van der Waals surface area contributed by atoms with Crippen LogP contribution >= 0.6 is 0 Å². The van der Waals surface area contributed by atoms with Gasteiger partial charge in [-0.3, -0.25) is 0 Å². The molecule has 0 atom stereocenters. The minimum atomic E-state index is 0.816. The second-order valence-electron chi connectivity index (χ2n) is 1.85. The first-order valence-electron chi connectivity index (χ1n) is 2.73. The molecular weight excluding hydrogens is 84.1 g/mol. The lowest BCUT2D eigenvalue weighted by Gasteiger charge is -1.81. The average Bonchev–Trinajstić information content (AvgIpc) is 2.42. The van der Waals surface area contributed by atoms with E-state index < -0.39 is 0 Å². The van der Waals surface area contributed by atoms with Crippen LogP contribution in [0.15, 0.2) is 24.3 Å². The summed E-state index contributed by atoms with van der Waals surface area (Å²) >= 11 is 0. The van der Waals surface area contributed by atoms with Gasteiger partial charge in [0.05, 0.1) is 0 Å². The molecule has 0 bridgehead atoms. The summed E-state index contributed by atoms with van der Waals surface area (Å²) in [4.78, 5) is 0. The van der Waals surface area contributed by atoms with Gasteiger partial charge in [-0.25, -0.2) is 0 Å². The van der Waals surface area contributed by atoms with Crippen LogP contribution in [0.3, 0.4) is 0 Å².